The quantitative estimate of drug-likeness (QED) is 0.904. The summed E-state index contributed by atoms with van der Waals surface area (Å²) < 4.78 is 26.1. The van der Waals surface area contributed by atoms with Crippen LogP contribution in [0.15, 0.2) is 53.7 Å². The molecule has 2 rings (SSSR count). The molecule has 0 amide bonds. The SMILES string of the molecule is CN(Cc1ccncc1)S(=O)(=O)c1cccc(CO)c1. The molecule has 1 aromatic heterocycles. The van der Waals surface area contributed by atoms with Crippen molar-refractivity contribution in [3.63, 3.8) is 0 Å². The first-order chi connectivity index (χ1) is 9.54. The van der Waals surface area contributed by atoms with E-state index in [1.54, 1.807) is 36.7 Å². The summed E-state index contributed by atoms with van der Waals surface area (Å²) >= 11 is 0. The van der Waals surface area contributed by atoms with Crippen LogP contribution >= 0.6 is 0 Å². The molecule has 0 fully saturated rings. The minimum absolute atomic E-state index is 0.181. The Kier molecular flexibility index (Phi) is 4.49. The lowest BCUT2D eigenvalue weighted by Crippen LogP contribution is -2.26. The van der Waals surface area contributed by atoms with Crippen molar-refractivity contribution in [3.05, 3.63) is 59.9 Å². The Morgan fingerprint density at radius 3 is 2.50 bits per heavy atom. The maximum absolute atomic E-state index is 12.4. The van der Waals surface area contributed by atoms with Crippen molar-refractivity contribution in [3.8, 4) is 0 Å². The smallest absolute Gasteiger partial charge is 0.243 e. The molecule has 0 atom stereocenters. The summed E-state index contributed by atoms with van der Waals surface area (Å²) in [6, 6.07) is 9.86. The lowest BCUT2D eigenvalue weighted by molar-refractivity contribution is 0.281. The predicted molar refractivity (Wildman–Crippen MR) is 75.3 cm³/mol. The molecule has 2 aromatic rings. The zero-order valence-electron chi connectivity index (χ0n) is 11.1. The van der Waals surface area contributed by atoms with E-state index in [-0.39, 0.29) is 18.0 Å². The van der Waals surface area contributed by atoms with Crippen LogP contribution in [-0.2, 0) is 23.2 Å². The maximum Gasteiger partial charge on any atom is 0.243 e. The summed E-state index contributed by atoms with van der Waals surface area (Å²) in [5, 5.41) is 9.09. The van der Waals surface area contributed by atoms with E-state index < -0.39 is 10.0 Å². The Hall–Kier alpha value is -1.76. The standard InChI is InChI=1S/C14H16N2O3S/c1-16(10-12-5-7-15-8-6-12)20(18,19)14-4-2-3-13(9-14)11-17/h2-9,17H,10-11H2,1H3. The maximum atomic E-state index is 12.4. The van der Waals surface area contributed by atoms with E-state index in [0.29, 0.717) is 5.56 Å². The van der Waals surface area contributed by atoms with Crippen molar-refractivity contribution in [2.45, 2.75) is 18.0 Å². The van der Waals surface area contributed by atoms with Gasteiger partial charge < -0.3 is 5.11 Å². The molecule has 0 radical (unpaired) electrons. The summed E-state index contributed by atoms with van der Waals surface area (Å²) in [5.41, 5.74) is 1.44. The predicted octanol–water partition coefficient (Wildman–Crippen LogP) is 1.39. The number of benzene rings is 1. The molecule has 0 unspecified atom stereocenters. The average molecular weight is 292 g/mol. The number of aromatic nitrogens is 1. The molecule has 1 heterocycles. The number of pyridine rings is 1. The molecular weight excluding hydrogens is 276 g/mol. The van der Waals surface area contributed by atoms with Gasteiger partial charge in [-0.15, -0.1) is 0 Å². The van der Waals surface area contributed by atoms with Crippen LogP contribution in [0.2, 0.25) is 0 Å². The molecular formula is C14H16N2O3S. The Morgan fingerprint density at radius 1 is 1.15 bits per heavy atom. The summed E-state index contributed by atoms with van der Waals surface area (Å²) in [6.07, 6.45) is 3.25. The van der Waals surface area contributed by atoms with Crippen molar-refractivity contribution in [1.82, 2.24) is 9.29 Å². The van der Waals surface area contributed by atoms with E-state index in [0.717, 1.165) is 5.56 Å². The fourth-order valence-corrected chi connectivity index (χ4v) is 3.04. The van der Waals surface area contributed by atoms with E-state index >= 15 is 0 Å². The van der Waals surface area contributed by atoms with Gasteiger partial charge in [-0.2, -0.15) is 4.31 Å². The molecule has 5 nitrogen and oxygen atoms in total. The third kappa shape index (κ3) is 3.22. The molecule has 0 bridgehead atoms. The van der Waals surface area contributed by atoms with E-state index in [2.05, 4.69) is 4.98 Å². The van der Waals surface area contributed by atoms with E-state index in [1.807, 2.05) is 0 Å². The number of nitrogens with zero attached hydrogens (tertiary/aromatic N) is 2. The van der Waals surface area contributed by atoms with Crippen molar-refractivity contribution < 1.29 is 13.5 Å². The molecule has 0 spiro atoms. The van der Waals surface area contributed by atoms with Gasteiger partial charge in [0.15, 0.2) is 0 Å². The molecule has 106 valence electrons. The molecule has 6 heteroatoms. The lowest BCUT2D eigenvalue weighted by Gasteiger charge is -2.17. The molecule has 0 aliphatic carbocycles. The second-order valence-electron chi connectivity index (χ2n) is 4.42. The van der Waals surface area contributed by atoms with Crippen LogP contribution in [0.3, 0.4) is 0 Å². The summed E-state index contributed by atoms with van der Waals surface area (Å²) in [7, 11) is -2.04. The molecule has 1 aromatic carbocycles. The van der Waals surface area contributed by atoms with Gasteiger partial charge >= 0.3 is 0 Å². The highest BCUT2D eigenvalue weighted by Gasteiger charge is 2.21. The van der Waals surface area contributed by atoms with E-state index in [4.69, 9.17) is 5.11 Å². The van der Waals surface area contributed by atoms with Crippen LogP contribution < -0.4 is 0 Å². The van der Waals surface area contributed by atoms with Gasteiger partial charge in [-0.25, -0.2) is 8.42 Å². The molecule has 0 aliphatic heterocycles. The fraction of sp³-hybridized carbons (Fsp3) is 0.214. The zero-order chi connectivity index (χ0) is 14.6. The minimum atomic E-state index is -3.57. The topological polar surface area (TPSA) is 70.5 Å². The van der Waals surface area contributed by atoms with Gasteiger partial charge in [-0.1, -0.05) is 12.1 Å². The number of sulfonamides is 1. The monoisotopic (exact) mass is 292 g/mol. The first kappa shape index (κ1) is 14.6. The van der Waals surface area contributed by atoms with Gasteiger partial charge in [0.25, 0.3) is 0 Å². The Labute approximate surface area is 118 Å². The van der Waals surface area contributed by atoms with Crippen LogP contribution in [0.5, 0.6) is 0 Å². The Balaban J connectivity index is 2.25. The van der Waals surface area contributed by atoms with Crippen LogP contribution in [0.1, 0.15) is 11.1 Å². The summed E-state index contributed by atoms with van der Waals surface area (Å²) in [6.45, 7) is 0.0889. The summed E-state index contributed by atoms with van der Waals surface area (Å²) in [5.74, 6) is 0. The Bertz CT molecular complexity index is 672. The van der Waals surface area contributed by atoms with Gasteiger partial charge in [0.1, 0.15) is 0 Å². The average Bonchev–Trinajstić information content (AvgIpc) is 2.48. The van der Waals surface area contributed by atoms with Gasteiger partial charge in [0.2, 0.25) is 10.0 Å². The molecule has 20 heavy (non-hydrogen) atoms. The van der Waals surface area contributed by atoms with Crippen molar-refractivity contribution in [2.75, 3.05) is 7.05 Å². The van der Waals surface area contributed by atoms with Gasteiger partial charge in [-0.05, 0) is 35.4 Å². The molecule has 1 N–H and O–H groups in total. The van der Waals surface area contributed by atoms with Crippen LogP contribution in [0.4, 0.5) is 0 Å². The van der Waals surface area contributed by atoms with Crippen molar-refractivity contribution in [2.24, 2.45) is 0 Å². The first-order valence-corrected chi connectivity index (χ1v) is 7.53. The van der Waals surface area contributed by atoms with Gasteiger partial charge in [0, 0.05) is 26.0 Å². The fourth-order valence-electron chi connectivity index (χ4n) is 1.81. The largest absolute Gasteiger partial charge is 0.392 e. The molecule has 0 saturated heterocycles. The van der Waals surface area contributed by atoms with Crippen LogP contribution in [-0.4, -0.2) is 29.9 Å². The molecule has 0 saturated carbocycles. The van der Waals surface area contributed by atoms with Crippen molar-refractivity contribution in [1.29, 1.82) is 0 Å². The highest BCUT2D eigenvalue weighted by molar-refractivity contribution is 7.89. The van der Waals surface area contributed by atoms with Crippen molar-refractivity contribution >= 4 is 10.0 Å². The number of aliphatic hydroxyl groups is 1. The summed E-state index contributed by atoms with van der Waals surface area (Å²) in [4.78, 5) is 4.08. The number of aliphatic hydroxyl groups excluding tert-OH is 1. The Morgan fingerprint density at radius 2 is 1.85 bits per heavy atom. The lowest BCUT2D eigenvalue weighted by atomic mass is 10.2. The highest BCUT2D eigenvalue weighted by Crippen LogP contribution is 2.17. The van der Waals surface area contributed by atoms with Crippen LogP contribution in [0, 0.1) is 0 Å². The second kappa shape index (κ2) is 6.13. The van der Waals surface area contributed by atoms with E-state index in [9.17, 15) is 8.42 Å². The number of rotatable bonds is 5. The number of hydrogen-bond acceptors (Lipinski definition) is 4. The minimum Gasteiger partial charge on any atom is -0.392 e. The van der Waals surface area contributed by atoms with E-state index in [1.165, 1.54) is 23.5 Å². The van der Waals surface area contributed by atoms with Gasteiger partial charge in [-0.3, -0.25) is 4.98 Å². The highest BCUT2D eigenvalue weighted by atomic mass is 32.2. The molecule has 0 aliphatic rings. The third-order valence-corrected chi connectivity index (χ3v) is 4.74. The zero-order valence-corrected chi connectivity index (χ0v) is 11.9. The van der Waals surface area contributed by atoms with Gasteiger partial charge in [0.05, 0.1) is 11.5 Å². The van der Waals surface area contributed by atoms with Crippen LogP contribution in [0.25, 0.3) is 0 Å². The first-order valence-electron chi connectivity index (χ1n) is 6.09. The third-order valence-electron chi connectivity index (χ3n) is 2.94. The second-order valence-corrected chi connectivity index (χ2v) is 6.47. The number of hydrogen-bond donors (Lipinski definition) is 1. The normalized spacial score (nSPS) is 11.8.